The summed E-state index contributed by atoms with van der Waals surface area (Å²) in [5.41, 5.74) is 3.50. The van der Waals surface area contributed by atoms with Gasteiger partial charge in [-0.25, -0.2) is 0 Å². The monoisotopic (exact) mass is 516 g/mol. The number of benzene rings is 2. The maximum atomic E-state index is 12.7. The predicted molar refractivity (Wildman–Crippen MR) is 146 cm³/mol. The van der Waals surface area contributed by atoms with Crippen molar-refractivity contribution in [2.75, 3.05) is 11.9 Å². The molecule has 1 aliphatic rings. The van der Waals surface area contributed by atoms with Gasteiger partial charge in [0.1, 0.15) is 17.6 Å². The average molecular weight is 517 g/mol. The van der Waals surface area contributed by atoms with E-state index in [9.17, 15) is 4.79 Å². The fraction of sp³-hybridized carbons (Fsp3) is 0.179. The Balaban J connectivity index is 1.42. The van der Waals surface area contributed by atoms with E-state index in [4.69, 9.17) is 28.2 Å². The first-order valence-corrected chi connectivity index (χ1v) is 12.5. The summed E-state index contributed by atoms with van der Waals surface area (Å²) in [4.78, 5) is 19.2. The molecule has 0 unspecified atom stereocenters. The SMILES string of the molecule is Cc1c(Cl)cccc1-c1ccc([C@@H]2[C@H](c3ccccn3)NC(=S)N2CCC(=O)Nc2ccccc2)o1. The van der Waals surface area contributed by atoms with Crippen LogP contribution in [0.2, 0.25) is 5.02 Å². The zero-order valence-corrected chi connectivity index (χ0v) is 21.2. The third-order valence-corrected chi connectivity index (χ3v) is 7.05. The second-order valence-electron chi connectivity index (χ2n) is 8.60. The van der Waals surface area contributed by atoms with Crippen molar-refractivity contribution in [2.24, 2.45) is 0 Å². The van der Waals surface area contributed by atoms with Gasteiger partial charge < -0.3 is 20.0 Å². The van der Waals surface area contributed by atoms with Gasteiger partial charge in [0.25, 0.3) is 0 Å². The smallest absolute Gasteiger partial charge is 0.226 e. The summed E-state index contributed by atoms with van der Waals surface area (Å²) in [6.07, 6.45) is 2.03. The second kappa shape index (κ2) is 10.5. The highest BCUT2D eigenvalue weighted by atomic mass is 35.5. The molecule has 1 fully saturated rings. The van der Waals surface area contributed by atoms with Crippen molar-refractivity contribution >= 4 is 40.5 Å². The van der Waals surface area contributed by atoms with Crippen molar-refractivity contribution in [1.29, 1.82) is 0 Å². The van der Waals surface area contributed by atoms with E-state index in [0.29, 0.717) is 16.7 Å². The molecule has 4 aromatic rings. The average Bonchev–Trinajstić information content (AvgIpc) is 3.50. The summed E-state index contributed by atoms with van der Waals surface area (Å²) in [5, 5.41) is 7.57. The van der Waals surface area contributed by atoms with E-state index in [1.165, 1.54) is 0 Å². The number of nitrogens with one attached hydrogen (secondary N) is 2. The molecule has 2 atom stereocenters. The first kappa shape index (κ1) is 24.0. The minimum Gasteiger partial charge on any atom is -0.459 e. The van der Waals surface area contributed by atoms with Gasteiger partial charge in [-0.1, -0.05) is 48.0 Å². The Morgan fingerprint density at radius 3 is 2.67 bits per heavy atom. The van der Waals surface area contributed by atoms with Gasteiger partial charge in [-0.05, 0) is 67.2 Å². The molecule has 1 amide bonds. The molecule has 2 aromatic carbocycles. The third-order valence-electron chi connectivity index (χ3n) is 6.29. The fourth-order valence-corrected chi connectivity index (χ4v) is 4.96. The molecule has 182 valence electrons. The maximum Gasteiger partial charge on any atom is 0.226 e. The Kier molecular flexibility index (Phi) is 7.02. The third kappa shape index (κ3) is 4.98. The van der Waals surface area contributed by atoms with Crippen LogP contribution in [0.1, 0.15) is 35.5 Å². The maximum absolute atomic E-state index is 12.7. The molecule has 6 nitrogen and oxygen atoms in total. The number of thiocarbonyl (C=S) groups is 1. The van der Waals surface area contributed by atoms with Crippen molar-refractivity contribution in [1.82, 2.24) is 15.2 Å². The highest BCUT2D eigenvalue weighted by Gasteiger charge is 2.41. The number of hydrogen-bond acceptors (Lipinski definition) is 4. The number of carbonyl (C=O) groups excluding carboxylic acids is 1. The summed E-state index contributed by atoms with van der Waals surface area (Å²) in [5.74, 6) is 1.37. The lowest BCUT2D eigenvalue weighted by Gasteiger charge is -2.25. The summed E-state index contributed by atoms with van der Waals surface area (Å²) >= 11 is 12.1. The summed E-state index contributed by atoms with van der Waals surface area (Å²) in [6.45, 7) is 2.39. The molecular formula is C28H25ClN4O2S. The molecule has 1 aliphatic heterocycles. The van der Waals surface area contributed by atoms with E-state index in [-0.39, 0.29) is 24.4 Å². The fourth-order valence-electron chi connectivity index (χ4n) is 4.45. The van der Waals surface area contributed by atoms with E-state index in [0.717, 1.165) is 34.0 Å². The molecule has 36 heavy (non-hydrogen) atoms. The number of carbonyl (C=O) groups is 1. The van der Waals surface area contributed by atoms with Crippen LogP contribution in [0.4, 0.5) is 5.69 Å². The van der Waals surface area contributed by atoms with E-state index < -0.39 is 0 Å². The van der Waals surface area contributed by atoms with E-state index >= 15 is 0 Å². The number of rotatable bonds is 7. The lowest BCUT2D eigenvalue weighted by atomic mass is 10.0. The molecule has 3 heterocycles. The normalized spacial score (nSPS) is 17.2. The van der Waals surface area contributed by atoms with Gasteiger partial charge in [0.2, 0.25) is 5.91 Å². The van der Waals surface area contributed by atoms with Crippen LogP contribution in [0.15, 0.2) is 89.5 Å². The number of furan rings is 1. The Bertz CT molecular complexity index is 1380. The van der Waals surface area contributed by atoms with E-state index in [2.05, 4.69) is 15.6 Å². The molecule has 0 aliphatic carbocycles. The van der Waals surface area contributed by atoms with Crippen molar-refractivity contribution in [3.8, 4) is 11.3 Å². The lowest BCUT2D eigenvalue weighted by Crippen LogP contribution is -2.32. The number of hydrogen-bond donors (Lipinski definition) is 2. The van der Waals surface area contributed by atoms with Crippen LogP contribution in [0.3, 0.4) is 0 Å². The molecule has 0 spiro atoms. The molecule has 2 aromatic heterocycles. The summed E-state index contributed by atoms with van der Waals surface area (Å²) < 4.78 is 6.39. The van der Waals surface area contributed by atoms with Gasteiger partial charge in [-0.2, -0.15) is 0 Å². The Labute approximate surface area is 220 Å². The lowest BCUT2D eigenvalue weighted by molar-refractivity contribution is -0.116. The van der Waals surface area contributed by atoms with Crippen molar-refractivity contribution in [3.05, 3.63) is 107 Å². The molecule has 8 heteroatoms. The molecule has 0 radical (unpaired) electrons. The largest absolute Gasteiger partial charge is 0.459 e. The minimum absolute atomic E-state index is 0.0845. The summed E-state index contributed by atoms with van der Waals surface area (Å²) in [6, 6.07) is 24.4. The zero-order chi connectivity index (χ0) is 25.1. The van der Waals surface area contributed by atoms with Crippen LogP contribution in [-0.4, -0.2) is 27.4 Å². The van der Waals surface area contributed by atoms with Crippen molar-refractivity contribution in [3.63, 3.8) is 0 Å². The van der Waals surface area contributed by atoms with Crippen LogP contribution in [0.25, 0.3) is 11.3 Å². The standard InChI is InChI=1S/C28H25ClN4O2S/c1-18-20(10-7-11-21(18)29)23-13-14-24(35-23)27-26(22-12-5-6-16-30-22)32-28(36)33(27)17-15-25(34)31-19-8-3-2-4-9-19/h2-14,16,26-27H,15,17H2,1H3,(H,31,34)(H,32,36)/t26-,27+/m0/s1. The van der Waals surface area contributed by atoms with Crippen LogP contribution in [0, 0.1) is 6.92 Å². The van der Waals surface area contributed by atoms with Gasteiger partial charge in [-0.15, -0.1) is 0 Å². The highest BCUT2D eigenvalue weighted by molar-refractivity contribution is 7.80. The topological polar surface area (TPSA) is 70.4 Å². The van der Waals surface area contributed by atoms with Crippen molar-refractivity contribution < 1.29 is 9.21 Å². The van der Waals surface area contributed by atoms with Gasteiger partial charge in [0.05, 0.1) is 11.7 Å². The number of para-hydroxylation sites is 1. The number of aromatic nitrogens is 1. The molecule has 0 bridgehead atoms. The van der Waals surface area contributed by atoms with Gasteiger partial charge in [0, 0.05) is 35.4 Å². The Morgan fingerprint density at radius 1 is 1.08 bits per heavy atom. The number of pyridine rings is 1. The molecular weight excluding hydrogens is 492 g/mol. The van der Waals surface area contributed by atoms with Gasteiger partial charge in [0.15, 0.2) is 5.11 Å². The zero-order valence-electron chi connectivity index (χ0n) is 19.6. The van der Waals surface area contributed by atoms with E-state index in [1.54, 1.807) is 6.20 Å². The Morgan fingerprint density at radius 2 is 1.89 bits per heavy atom. The highest BCUT2D eigenvalue weighted by Crippen LogP contribution is 2.41. The van der Waals surface area contributed by atoms with Gasteiger partial charge >= 0.3 is 0 Å². The Hall–Kier alpha value is -3.68. The predicted octanol–water partition coefficient (Wildman–Crippen LogP) is 6.30. The summed E-state index contributed by atoms with van der Waals surface area (Å²) in [7, 11) is 0. The van der Waals surface area contributed by atoms with Gasteiger partial charge in [-0.3, -0.25) is 9.78 Å². The second-order valence-corrected chi connectivity index (χ2v) is 9.39. The molecule has 5 rings (SSSR count). The first-order valence-electron chi connectivity index (χ1n) is 11.7. The number of anilines is 1. The quantitative estimate of drug-likeness (QED) is 0.281. The molecule has 0 saturated carbocycles. The minimum atomic E-state index is -0.273. The molecule has 1 saturated heterocycles. The van der Waals surface area contributed by atoms with Crippen LogP contribution < -0.4 is 10.6 Å². The van der Waals surface area contributed by atoms with Crippen LogP contribution >= 0.6 is 23.8 Å². The van der Waals surface area contributed by atoms with Crippen molar-refractivity contribution in [2.45, 2.75) is 25.4 Å². The number of halogens is 1. The van der Waals surface area contributed by atoms with E-state index in [1.807, 2.05) is 90.7 Å². The first-order chi connectivity index (χ1) is 17.5. The van der Waals surface area contributed by atoms with Crippen LogP contribution in [-0.2, 0) is 4.79 Å². The number of nitrogens with zero attached hydrogens (tertiary/aromatic N) is 2. The number of amides is 1. The van der Waals surface area contributed by atoms with Crippen LogP contribution in [0.5, 0.6) is 0 Å². The molecule has 2 N–H and O–H groups in total.